The van der Waals surface area contributed by atoms with Crippen LogP contribution in [0.4, 0.5) is 0 Å². The van der Waals surface area contributed by atoms with Crippen LogP contribution in [0.3, 0.4) is 0 Å². The Hall–Kier alpha value is -2.08. The number of carbonyl (C=O) groups is 1. The van der Waals surface area contributed by atoms with Gasteiger partial charge in [0.1, 0.15) is 0 Å². The smallest absolute Gasteiger partial charge is 0.226 e. The topological polar surface area (TPSA) is 60.5 Å². The largest absolute Gasteiger partial charge is 0.493 e. The molecule has 0 saturated carbocycles. The van der Waals surface area contributed by atoms with Crippen LogP contribution in [0.5, 0.6) is 11.5 Å². The molecular weight excluding hydrogens is 300 g/mol. The first kappa shape index (κ1) is 16.3. The van der Waals surface area contributed by atoms with E-state index in [0.717, 1.165) is 16.3 Å². The number of hydrogen-bond acceptors (Lipinski definition) is 5. The number of aryl methyl sites for hydroxylation is 1. The second kappa shape index (κ2) is 7.26. The van der Waals surface area contributed by atoms with Crippen molar-refractivity contribution >= 4 is 17.2 Å². The summed E-state index contributed by atoms with van der Waals surface area (Å²) in [7, 11) is 3.19. The van der Waals surface area contributed by atoms with Crippen molar-refractivity contribution in [2.24, 2.45) is 0 Å². The lowest BCUT2D eigenvalue weighted by molar-refractivity contribution is -0.121. The molecule has 1 N–H and O–H groups in total. The van der Waals surface area contributed by atoms with Gasteiger partial charge in [-0.3, -0.25) is 4.79 Å². The van der Waals surface area contributed by atoms with Crippen molar-refractivity contribution in [3.05, 3.63) is 39.8 Å². The quantitative estimate of drug-likeness (QED) is 0.889. The fourth-order valence-corrected chi connectivity index (χ4v) is 2.76. The molecule has 118 valence electrons. The number of methoxy groups -OCH3 is 2. The van der Waals surface area contributed by atoms with Gasteiger partial charge >= 0.3 is 0 Å². The second-order valence-electron chi connectivity index (χ2n) is 4.94. The standard InChI is InChI=1S/C16H20N2O3S/c1-10(12-5-6-14(20-3)15(7-12)21-4)17-16(19)8-13-9-22-11(2)18-13/h5-7,9-10H,8H2,1-4H3,(H,17,19). The van der Waals surface area contributed by atoms with Crippen molar-refractivity contribution in [2.45, 2.75) is 26.3 Å². The number of carbonyl (C=O) groups excluding carboxylic acids is 1. The van der Waals surface area contributed by atoms with Gasteiger partial charge in [-0.1, -0.05) is 6.07 Å². The average Bonchev–Trinajstić information content (AvgIpc) is 2.91. The van der Waals surface area contributed by atoms with Crippen LogP contribution in [0.2, 0.25) is 0 Å². The minimum absolute atomic E-state index is 0.0485. The minimum atomic E-state index is -0.118. The molecular formula is C16H20N2O3S. The summed E-state index contributed by atoms with van der Waals surface area (Å²) in [5.41, 5.74) is 1.76. The van der Waals surface area contributed by atoms with Crippen molar-refractivity contribution in [3.63, 3.8) is 0 Å². The van der Waals surface area contributed by atoms with Crippen LogP contribution in [0.25, 0.3) is 0 Å². The van der Waals surface area contributed by atoms with Gasteiger partial charge in [0.15, 0.2) is 11.5 Å². The molecule has 0 saturated heterocycles. The predicted molar refractivity (Wildman–Crippen MR) is 86.7 cm³/mol. The molecule has 0 aliphatic heterocycles. The maximum Gasteiger partial charge on any atom is 0.226 e. The Morgan fingerprint density at radius 3 is 2.64 bits per heavy atom. The summed E-state index contributed by atoms with van der Waals surface area (Å²) in [5, 5.41) is 5.85. The summed E-state index contributed by atoms with van der Waals surface area (Å²) in [4.78, 5) is 16.4. The molecule has 0 radical (unpaired) electrons. The number of rotatable bonds is 6. The Morgan fingerprint density at radius 2 is 2.05 bits per heavy atom. The van der Waals surface area contributed by atoms with E-state index >= 15 is 0 Å². The van der Waals surface area contributed by atoms with Crippen molar-refractivity contribution in [2.75, 3.05) is 14.2 Å². The number of nitrogens with one attached hydrogen (secondary N) is 1. The third-order valence-electron chi connectivity index (χ3n) is 3.29. The summed E-state index contributed by atoms with van der Waals surface area (Å²) in [6, 6.07) is 5.50. The maximum atomic E-state index is 12.1. The predicted octanol–water partition coefficient (Wildman–Crippen LogP) is 2.89. The van der Waals surface area contributed by atoms with Crippen molar-refractivity contribution in [1.29, 1.82) is 0 Å². The van der Waals surface area contributed by atoms with Gasteiger partial charge in [-0.15, -0.1) is 11.3 Å². The van der Waals surface area contributed by atoms with Crippen LogP contribution in [0.15, 0.2) is 23.6 Å². The Labute approximate surface area is 134 Å². The van der Waals surface area contributed by atoms with Crippen LogP contribution < -0.4 is 14.8 Å². The number of thiazole rings is 1. The van der Waals surface area contributed by atoms with Gasteiger partial charge in [-0.2, -0.15) is 0 Å². The minimum Gasteiger partial charge on any atom is -0.493 e. The molecule has 1 aromatic heterocycles. The van der Waals surface area contributed by atoms with Crippen molar-refractivity contribution < 1.29 is 14.3 Å². The van der Waals surface area contributed by atoms with Crippen LogP contribution in [0.1, 0.15) is 29.2 Å². The summed E-state index contributed by atoms with van der Waals surface area (Å²) in [6.07, 6.45) is 0.294. The summed E-state index contributed by atoms with van der Waals surface area (Å²) in [6.45, 7) is 3.86. The molecule has 22 heavy (non-hydrogen) atoms. The number of amides is 1. The van der Waals surface area contributed by atoms with E-state index in [9.17, 15) is 4.79 Å². The van der Waals surface area contributed by atoms with Crippen LogP contribution in [-0.2, 0) is 11.2 Å². The van der Waals surface area contributed by atoms with Crippen LogP contribution in [-0.4, -0.2) is 25.1 Å². The highest BCUT2D eigenvalue weighted by Crippen LogP contribution is 2.29. The number of aromatic nitrogens is 1. The molecule has 2 aromatic rings. The van der Waals surface area contributed by atoms with E-state index in [2.05, 4.69) is 10.3 Å². The van der Waals surface area contributed by atoms with Crippen LogP contribution >= 0.6 is 11.3 Å². The normalized spacial score (nSPS) is 11.8. The first-order valence-electron chi connectivity index (χ1n) is 6.95. The summed E-state index contributed by atoms with van der Waals surface area (Å²) in [5.74, 6) is 1.27. The van der Waals surface area contributed by atoms with Gasteiger partial charge in [0.2, 0.25) is 5.91 Å². The lowest BCUT2D eigenvalue weighted by Gasteiger charge is -2.16. The monoisotopic (exact) mass is 320 g/mol. The lowest BCUT2D eigenvalue weighted by Crippen LogP contribution is -2.28. The zero-order valence-electron chi connectivity index (χ0n) is 13.2. The van der Waals surface area contributed by atoms with Crippen molar-refractivity contribution in [1.82, 2.24) is 10.3 Å². The van der Waals surface area contributed by atoms with E-state index in [-0.39, 0.29) is 11.9 Å². The van der Waals surface area contributed by atoms with E-state index in [4.69, 9.17) is 9.47 Å². The second-order valence-corrected chi connectivity index (χ2v) is 6.00. The molecule has 0 spiro atoms. The zero-order valence-corrected chi connectivity index (χ0v) is 14.0. The molecule has 0 bridgehead atoms. The maximum absolute atomic E-state index is 12.1. The first-order valence-corrected chi connectivity index (χ1v) is 7.83. The highest BCUT2D eigenvalue weighted by atomic mass is 32.1. The Kier molecular flexibility index (Phi) is 5.38. The number of hydrogen-bond donors (Lipinski definition) is 1. The molecule has 0 aliphatic carbocycles. The molecule has 2 rings (SSSR count). The summed E-state index contributed by atoms with van der Waals surface area (Å²) < 4.78 is 10.5. The molecule has 6 heteroatoms. The highest BCUT2D eigenvalue weighted by Gasteiger charge is 2.14. The molecule has 1 atom stereocenters. The fourth-order valence-electron chi connectivity index (χ4n) is 2.15. The Morgan fingerprint density at radius 1 is 1.32 bits per heavy atom. The van der Waals surface area contributed by atoms with Gasteiger partial charge in [-0.05, 0) is 31.5 Å². The third kappa shape index (κ3) is 3.98. The lowest BCUT2D eigenvalue weighted by atomic mass is 10.1. The first-order chi connectivity index (χ1) is 10.5. The Bertz CT molecular complexity index is 655. The average molecular weight is 320 g/mol. The molecule has 0 fully saturated rings. The van der Waals surface area contributed by atoms with Gasteiger partial charge in [0.05, 0.1) is 37.4 Å². The number of nitrogens with zero attached hydrogens (tertiary/aromatic N) is 1. The van der Waals surface area contributed by atoms with E-state index in [1.165, 1.54) is 0 Å². The molecule has 1 unspecified atom stereocenters. The van der Waals surface area contributed by atoms with E-state index in [1.807, 2.05) is 37.4 Å². The van der Waals surface area contributed by atoms with E-state index in [1.54, 1.807) is 25.6 Å². The molecule has 5 nitrogen and oxygen atoms in total. The van der Waals surface area contributed by atoms with E-state index < -0.39 is 0 Å². The molecule has 1 heterocycles. The molecule has 1 amide bonds. The number of ether oxygens (including phenoxy) is 2. The Balaban J connectivity index is 2.02. The van der Waals surface area contributed by atoms with Crippen molar-refractivity contribution in [3.8, 4) is 11.5 Å². The number of benzene rings is 1. The van der Waals surface area contributed by atoms with Gasteiger partial charge in [0, 0.05) is 5.38 Å². The fraction of sp³-hybridized carbons (Fsp3) is 0.375. The SMILES string of the molecule is COc1ccc(C(C)NC(=O)Cc2csc(C)n2)cc1OC. The highest BCUT2D eigenvalue weighted by molar-refractivity contribution is 7.09. The van der Waals surface area contributed by atoms with Gasteiger partial charge in [-0.25, -0.2) is 4.98 Å². The molecule has 1 aromatic carbocycles. The van der Waals surface area contributed by atoms with Gasteiger partial charge < -0.3 is 14.8 Å². The zero-order chi connectivity index (χ0) is 16.1. The third-order valence-corrected chi connectivity index (χ3v) is 4.12. The van der Waals surface area contributed by atoms with E-state index in [0.29, 0.717) is 17.9 Å². The van der Waals surface area contributed by atoms with Crippen LogP contribution in [0, 0.1) is 6.92 Å². The summed E-state index contributed by atoms with van der Waals surface area (Å²) >= 11 is 1.55. The molecule has 0 aliphatic rings. The van der Waals surface area contributed by atoms with Gasteiger partial charge in [0.25, 0.3) is 0 Å².